The number of benzene rings is 2. The van der Waals surface area contributed by atoms with Crippen molar-refractivity contribution >= 4 is 6.08 Å². The van der Waals surface area contributed by atoms with Crippen molar-refractivity contribution in [3.8, 4) is 22.4 Å². The van der Waals surface area contributed by atoms with Gasteiger partial charge < -0.3 is 14.6 Å². The van der Waals surface area contributed by atoms with Crippen LogP contribution in [0, 0.1) is 22.7 Å². The highest BCUT2D eigenvalue weighted by molar-refractivity contribution is 5.83. The second-order valence-electron chi connectivity index (χ2n) is 13.6. The van der Waals surface area contributed by atoms with Crippen LogP contribution in [-0.2, 0) is 11.3 Å². The summed E-state index contributed by atoms with van der Waals surface area (Å²) in [6, 6.07) is 20.9. The molecule has 3 fully saturated rings. The fourth-order valence-electron chi connectivity index (χ4n) is 9.06. The maximum absolute atomic E-state index is 15.0. The second kappa shape index (κ2) is 10.3. The van der Waals surface area contributed by atoms with Crippen LogP contribution >= 0.6 is 0 Å². The Morgan fingerprint density at radius 2 is 1.61 bits per heavy atom. The average molecular weight is 550 g/mol. The van der Waals surface area contributed by atoms with Crippen LogP contribution in [0.1, 0.15) is 57.3 Å². The Balaban J connectivity index is 1.47. The van der Waals surface area contributed by atoms with Gasteiger partial charge in [0.05, 0.1) is 36.2 Å². The van der Waals surface area contributed by atoms with Crippen LogP contribution in [0.5, 0.6) is 0 Å². The van der Waals surface area contributed by atoms with Crippen molar-refractivity contribution in [2.45, 2.75) is 52.6 Å². The summed E-state index contributed by atoms with van der Waals surface area (Å²) in [4.78, 5) is 17.5. The van der Waals surface area contributed by atoms with Gasteiger partial charge in [0.15, 0.2) is 5.43 Å². The van der Waals surface area contributed by atoms with E-state index in [0.717, 1.165) is 79.0 Å². The molecule has 2 aliphatic carbocycles. The zero-order valence-electron chi connectivity index (χ0n) is 24.7. The molecule has 2 bridgehead atoms. The highest BCUT2D eigenvalue weighted by atomic mass is 16.5. The van der Waals surface area contributed by atoms with Gasteiger partial charge in [-0.1, -0.05) is 81.4 Å². The largest absolute Gasteiger partial charge is 0.383 e. The zero-order chi connectivity index (χ0) is 28.2. The van der Waals surface area contributed by atoms with Crippen molar-refractivity contribution < 1.29 is 4.74 Å². The predicted octanol–water partition coefficient (Wildman–Crippen LogP) is 6.59. The van der Waals surface area contributed by atoms with Gasteiger partial charge in [0.2, 0.25) is 0 Å². The Hall–Kier alpha value is -3.15. The number of pyridine rings is 1. The van der Waals surface area contributed by atoms with Crippen molar-refractivity contribution in [1.82, 2.24) is 14.8 Å². The van der Waals surface area contributed by atoms with E-state index in [-0.39, 0.29) is 22.3 Å². The Kier molecular flexibility index (Phi) is 6.71. The van der Waals surface area contributed by atoms with Crippen molar-refractivity contribution in [3.05, 3.63) is 88.3 Å². The number of morpholine rings is 1. The summed E-state index contributed by atoms with van der Waals surface area (Å²) in [6.07, 6.45) is 8.11. The third kappa shape index (κ3) is 4.40. The van der Waals surface area contributed by atoms with E-state index in [9.17, 15) is 0 Å². The first kappa shape index (κ1) is 26.7. The minimum atomic E-state index is -0.00489. The molecule has 0 radical (unpaired) electrons. The third-order valence-electron chi connectivity index (χ3n) is 10.9. The quantitative estimate of drug-likeness (QED) is 0.377. The standard InChI is InChI=1S/C36H43N3O2/c1-35(2)27-14-16-36(3,24-27)34(35)31-30-28(15-17-37-31)39(19-18-38-20-22-41-23-21-38)32(26-12-8-5-9-13-26)29(33(30)40)25-10-6-4-7-11-25/h4-13,15,17,27,31,34,37H,14,16,18-24H2,1-3H3/t27?,31?,34-,36+/m1/s1. The summed E-state index contributed by atoms with van der Waals surface area (Å²) < 4.78 is 8.11. The monoisotopic (exact) mass is 549 g/mol. The summed E-state index contributed by atoms with van der Waals surface area (Å²) in [5, 5.41) is 3.77. The lowest BCUT2D eigenvalue weighted by Crippen LogP contribution is -2.46. The molecule has 2 aromatic carbocycles. The molecular formula is C36H43N3O2. The van der Waals surface area contributed by atoms with Crippen LogP contribution in [0.4, 0.5) is 0 Å². The van der Waals surface area contributed by atoms with Crippen molar-refractivity contribution in [3.63, 3.8) is 0 Å². The van der Waals surface area contributed by atoms with Gasteiger partial charge in [-0.3, -0.25) is 9.69 Å². The molecule has 1 aromatic heterocycles. The Morgan fingerprint density at radius 3 is 2.27 bits per heavy atom. The second-order valence-corrected chi connectivity index (χ2v) is 13.6. The van der Waals surface area contributed by atoms with E-state index in [1.165, 1.54) is 19.3 Å². The first-order valence-corrected chi connectivity index (χ1v) is 15.5. The van der Waals surface area contributed by atoms with E-state index in [4.69, 9.17) is 4.74 Å². The van der Waals surface area contributed by atoms with E-state index in [1.54, 1.807) is 0 Å². The molecule has 4 aliphatic rings. The van der Waals surface area contributed by atoms with Gasteiger partial charge in [-0.25, -0.2) is 0 Å². The molecule has 214 valence electrons. The number of hydrogen-bond donors (Lipinski definition) is 1. The molecule has 5 nitrogen and oxygen atoms in total. The summed E-state index contributed by atoms with van der Waals surface area (Å²) in [6.45, 7) is 12.6. The summed E-state index contributed by atoms with van der Waals surface area (Å²) in [7, 11) is 0. The molecule has 2 saturated carbocycles. The summed E-state index contributed by atoms with van der Waals surface area (Å²) in [5.74, 6) is 1.11. The van der Waals surface area contributed by atoms with Crippen LogP contribution in [0.25, 0.3) is 28.5 Å². The minimum absolute atomic E-state index is 0.00489. The molecule has 3 aromatic rings. The molecule has 1 N–H and O–H groups in total. The van der Waals surface area contributed by atoms with E-state index in [2.05, 4.69) is 102 Å². The van der Waals surface area contributed by atoms with Crippen molar-refractivity contribution in [2.24, 2.45) is 22.7 Å². The maximum atomic E-state index is 15.0. The van der Waals surface area contributed by atoms with Crippen molar-refractivity contribution in [1.29, 1.82) is 0 Å². The lowest BCUT2D eigenvalue weighted by molar-refractivity contribution is 0.0362. The normalized spacial score (nSPS) is 28.4. The van der Waals surface area contributed by atoms with Gasteiger partial charge in [-0.05, 0) is 65.3 Å². The molecule has 0 amide bonds. The molecule has 7 rings (SSSR count). The number of fused-ring (bicyclic) bond motifs is 3. The van der Waals surface area contributed by atoms with Gasteiger partial charge >= 0.3 is 0 Å². The Bertz CT molecular complexity index is 1500. The molecule has 4 atom stereocenters. The van der Waals surface area contributed by atoms with E-state index in [0.29, 0.717) is 5.92 Å². The predicted molar refractivity (Wildman–Crippen MR) is 166 cm³/mol. The van der Waals surface area contributed by atoms with Crippen LogP contribution in [-0.4, -0.2) is 42.3 Å². The fourth-order valence-corrected chi connectivity index (χ4v) is 9.06. The average Bonchev–Trinajstić information content (AvgIpc) is 3.49. The Labute approximate surface area is 244 Å². The van der Waals surface area contributed by atoms with Crippen LogP contribution < -0.4 is 10.7 Å². The zero-order valence-corrected chi connectivity index (χ0v) is 24.7. The van der Waals surface area contributed by atoms with Gasteiger partial charge in [0, 0.05) is 31.7 Å². The summed E-state index contributed by atoms with van der Waals surface area (Å²) in [5.41, 5.74) is 6.55. The van der Waals surface area contributed by atoms with Gasteiger partial charge in [-0.15, -0.1) is 0 Å². The van der Waals surface area contributed by atoms with Gasteiger partial charge in [0.25, 0.3) is 0 Å². The fraction of sp³-hybridized carbons (Fsp3) is 0.472. The van der Waals surface area contributed by atoms with E-state index >= 15 is 4.79 Å². The first-order valence-electron chi connectivity index (χ1n) is 15.5. The number of rotatable bonds is 6. The number of nitrogens with zero attached hydrogens (tertiary/aromatic N) is 2. The number of nitrogens with one attached hydrogen (secondary N) is 1. The maximum Gasteiger partial charge on any atom is 0.195 e. The number of ether oxygens (including phenoxy) is 1. The van der Waals surface area contributed by atoms with E-state index in [1.807, 2.05) is 6.07 Å². The number of aromatic nitrogens is 1. The van der Waals surface area contributed by atoms with Crippen molar-refractivity contribution in [2.75, 3.05) is 32.8 Å². The number of hydrogen-bond acceptors (Lipinski definition) is 4. The minimum Gasteiger partial charge on any atom is -0.383 e. The molecule has 1 saturated heterocycles. The van der Waals surface area contributed by atoms with Crippen LogP contribution in [0.3, 0.4) is 0 Å². The lowest BCUT2D eigenvalue weighted by Gasteiger charge is -2.48. The van der Waals surface area contributed by atoms with E-state index < -0.39 is 0 Å². The molecule has 2 aliphatic heterocycles. The Morgan fingerprint density at radius 1 is 0.927 bits per heavy atom. The molecule has 3 heterocycles. The highest BCUT2D eigenvalue weighted by Gasteiger charge is 2.62. The molecule has 5 heteroatoms. The third-order valence-corrected chi connectivity index (χ3v) is 10.9. The SMILES string of the molecule is CC1(C)C2CC[C@@](C)(C2)[C@@H]1C1NC=Cc2c1c(=O)c(-c1ccccc1)c(-c1ccccc1)n2CCN1CCOCC1. The molecular weight excluding hydrogens is 506 g/mol. The van der Waals surface area contributed by atoms with Crippen LogP contribution in [0.2, 0.25) is 0 Å². The van der Waals surface area contributed by atoms with Gasteiger partial charge in [0.1, 0.15) is 0 Å². The van der Waals surface area contributed by atoms with Gasteiger partial charge in [-0.2, -0.15) is 0 Å². The highest BCUT2D eigenvalue weighted by Crippen LogP contribution is 2.69. The lowest BCUT2D eigenvalue weighted by atomic mass is 9.59. The first-order chi connectivity index (χ1) is 19.9. The molecule has 0 spiro atoms. The summed E-state index contributed by atoms with van der Waals surface area (Å²) >= 11 is 0. The van der Waals surface area contributed by atoms with Crippen LogP contribution in [0.15, 0.2) is 71.7 Å². The molecule has 2 unspecified atom stereocenters. The molecule has 41 heavy (non-hydrogen) atoms. The topological polar surface area (TPSA) is 46.5 Å². The smallest absolute Gasteiger partial charge is 0.195 e.